The summed E-state index contributed by atoms with van der Waals surface area (Å²) >= 11 is 0. The molecule has 1 fully saturated rings. The Morgan fingerprint density at radius 1 is 1.00 bits per heavy atom. The highest BCUT2D eigenvalue weighted by atomic mass is 16.6. The third-order valence-corrected chi connectivity index (χ3v) is 6.97. The van der Waals surface area contributed by atoms with Crippen LogP contribution in [0.4, 0.5) is 0 Å². The number of carbonyl (C=O) groups excluding carboxylic acids is 1. The largest absolute Gasteiger partial charge is 0.462 e. The molecule has 0 saturated heterocycles. The van der Waals surface area contributed by atoms with E-state index >= 15 is 0 Å². The zero-order valence-corrected chi connectivity index (χ0v) is 20.9. The molecule has 1 aliphatic carbocycles. The van der Waals surface area contributed by atoms with Crippen molar-refractivity contribution in [2.45, 2.75) is 129 Å². The van der Waals surface area contributed by atoms with Gasteiger partial charge in [-0.15, -0.1) is 0 Å². The molecule has 0 bridgehead atoms. The van der Waals surface area contributed by atoms with E-state index in [0.29, 0.717) is 30.6 Å². The van der Waals surface area contributed by atoms with E-state index in [4.69, 9.17) is 4.74 Å². The summed E-state index contributed by atoms with van der Waals surface area (Å²) < 4.78 is 4.85. The monoisotopic (exact) mass is 454 g/mol. The number of carbonyl (C=O) groups is 1. The fraction of sp³-hybridized carbons (Fsp3) is 0.889. The Hall–Kier alpha value is -0.910. The smallest absolute Gasteiger partial charge is 0.369 e. The SMILES string of the molecule is CCCCCCC[C@@H](C)C=C[C@H]1CCC[C@@H]1CCCCC(O)C(O)(O)C(=O)OCCCC. The summed E-state index contributed by atoms with van der Waals surface area (Å²) in [4.78, 5) is 11.8. The Kier molecular flexibility index (Phi) is 15.2. The molecule has 1 unspecified atom stereocenters. The molecule has 0 aromatic rings. The van der Waals surface area contributed by atoms with Crippen LogP contribution < -0.4 is 0 Å². The number of aliphatic hydroxyl groups excluding tert-OH is 1. The molecule has 5 heteroatoms. The predicted octanol–water partition coefficient (Wildman–Crippen LogP) is 5.90. The first-order valence-corrected chi connectivity index (χ1v) is 13.3. The summed E-state index contributed by atoms with van der Waals surface area (Å²) in [5.41, 5.74) is 0. The van der Waals surface area contributed by atoms with Crippen LogP contribution in [0.15, 0.2) is 12.2 Å². The van der Waals surface area contributed by atoms with Crippen LogP contribution >= 0.6 is 0 Å². The minimum atomic E-state index is -2.82. The standard InChI is InChI=1S/C27H50O5/c1-4-6-8-9-10-14-22(3)19-20-24-17-13-16-23(24)15-11-12-18-25(28)27(30,31)26(29)32-21-7-5-2/h19-20,22-25,28,30-31H,4-18,21H2,1-3H3/t22-,23+,24-,25?/m1/s1. The Bertz CT molecular complexity index is 516. The Labute approximate surface area is 196 Å². The fourth-order valence-corrected chi connectivity index (χ4v) is 4.67. The van der Waals surface area contributed by atoms with Crippen LogP contribution in [0.25, 0.3) is 0 Å². The highest BCUT2D eigenvalue weighted by Gasteiger charge is 2.42. The van der Waals surface area contributed by atoms with Crippen molar-refractivity contribution < 1.29 is 24.9 Å². The number of unbranched alkanes of at least 4 members (excludes halogenated alkanes) is 6. The van der Waals surface area contributed by atoms with Gasteiger partial charge in [-0.25, -0.2) is 4.79 Å². The molecule has 0 heterocycles. The second-order valence-electron chi connectivity index (χ2n) is 9.94. The Balaban J connectivity index is 2.29. The molecule has 5 nitrogen and oxygen atoms in total. The molecule has 0 aromatic carbocycles. The molecule has 4 atom stereocenters. The summed E-state index contributed by atoms with van der Waals surface area (Å²) in [5, 5.41) is 30.0. The van der Waals surface area contributed by atoms with E-state index < -0.39 is 17.9 Å². The van der Waals surface area contributed by atoms with Crippen molar-refractivity contribution >= 4 is 5.97 Å². The van der Waals surface area contributed by atoms with Crippen LogP contribution in [0.3, 0.4) is 0 Å². The van der Waals surface area contributed by atoms with Crippen molar-refractivity contribution in [3.63, 3.8) is 0 Å². The predicted molar refractivity (Wildman–Crippen MR) is 130 cm³/mol. The molecule has 1 rings (SSSR count). The van der Waals surface area contributed by atoms with Crippen LogP contribution in [0.5, 0.6) is 0 Å². The molecule has 0 radical (unpaired) electrons. The Morgan fingerprint density at radius 2 is 1.69 bits per heavy atom. The topological polar surface area (TPSA) is 87.0 Å². The average Bonchev–Trinajstić information content (AvgIpc) is 3.22. The van der Waals surface area contributed by atoms with Gasteiger partial charge in [0.2, 0.25) is 0 Å². The maximum Gasteiger partial charge on any atom is 0.369 e. The van der Waals surface area contributed by atoms with Crippen molar-refractivity contribution in [3.8, 4) is 0 Å². The maximum absolute atomic E-state index is 11.8. The van der Waals surface area contributed by atoms with Crippen molar-refractivity contribution in [1.82, 2.24) is 0 Å². The van der Waals surface area contributed by atoms with Crippen molar-refractivity contribution in [3.05, 3.63) is 12.2 Å². The lowest BCUT2D eigenvalue weighted by molar-refractivity contribution is -0.241. The second-order valence-corrected chi connectivity index (χ2v) is 9.94. The summed E-state index contributed by atoms with van der Waals surface area (Å²) in [7, 11) is 0. The molecule has 1 saturated carbocycles. The molecule has 3 N–H and O–H groups in total. The van der Waals surface area contributed by atoms with Crippen LogP contribution in [0.1, 0.15) is 117 Å². The van der Waals surface area contributed by atoms with Gasteiger partial charge in [-0.2, -0.15) is 0 Å². The summed E-state index contributed by atoms with van der Waals surface area (Å²) in [6, 6.07) is 0. The molecule has 0 aliphatic heterocycles. The van der Waals surface area contributed by atoms with Gasteiger partial charge >= 0.3 is 5.97 Å². The number of ether oxygens (including phenoxy) is 1. The van der Waals surface area contributed by atoms with Crippen molar-refractivity contribution in [2.75, 3.05) is 6.61 Å². The number of hydrogen-bond acceptors (Lipinski definition) is 5. The lowest BCUT2D eigenvalue weighted by Crippen LogP contribution is -2.50. The van der Waals surface area contributed by atoms with Crippen LogP contribution in [0, 0.1) is 17.8 Å². The molecule has 188 valence electrons. The van der Waals surface area contributed by atoms with Gasteiger partial charge in [0.1, 0.15) is 6.10 Å². The van der Waals surface area contributed by atoms with Gasteiger partial charge in [0.05, 0.1) is 6.61 Å². The van der Waals surface area contributed by atoms with E-state index in [-0.39, 0.29) is 13.0 Å². The minimum absolute atomic E-state index is 0.138. The molecular weight excluding hydrogens is 404 g/mol. The van der Waals surface area contributed by atoms with E-state index in [9.17, 15) is 20.1 Å². The molecule has 0 amide bonds. The third-order valence-electron chi connectivity index (χ3n) is 6.97. The van der Waals surface area contributed by atoms with E-state index in [1.165, 1.54) is 57.8 Å². The van der Waals surface area contributed by atoms with Crippen molar-refractivity contribution in [2.24, 2.45) is 17.8 Å². The number of allylic oxidation sites excluding steroid dienone is 2. The second kappa shape index (κ2) is 16.7. The number of rotatable bonds is 18. The summed E-state index contributed by atoms with van der Waals surface area (Å²) in [6.07, 6.45) is 19.4. The van der Waals surface area contributed by atoms with Gasteiger partial charge in [-0.1, -0.05) is 90.7 Å². The van der Waals surface area contributed by atoms with Crippen molar-refractivity contribution in [1.29, 1.82) is 0 Å². The van der Waals surface area contributed by atoms with E-state index in [2.05, 4.69) is 26.0 Å². The average molecular weight is 455 g/mol. The molecule has 0 aromatic heterocycles. The highest BCUT2D eigenvalue weighted by Crippen LogP contribution is 2.36. The van der Waals surface area contributed by atoms with Gasteiger partial charge in [0.15, 0.2) is 0 Å². The van der Waals surface area contributed by atoms with Gasteiger partial charge in [-0.3, -0.25) is 0 Å². The third kappa shape index (κ3) is 11.3. The normalized spacial score (nSPS) is 21.2. The summed E-state index contributed by atoms with van der Waals surface area (Å²) in [6.45, 7) is 6.67. The first kappa shape index (κ1) is 29.1. The van der Waals surface area contributed by atoms with E-state index in [1.54, 1.807) is 0 Å². The number of hydrogen-bond donors (Lipinski definition) is 3. The lowest BCUT2D eigenvalue weighted by atomic mass is 9.88. The zero-order valence-electron chi connectivity index (χ0n) is 20.9. The zero-order chi connectivity index (χ0) is 23.8. The first-order chi connectivity index (χ1) is 15.3. The highest BCUT2D eigenvalue weighted by molar-refractivity contribution is 5.77. The van der Waals surface area contributed by atoms with Crippen LogP contribution in [0.2, 0.25) is 0 Å². The quantitative estimate of drug-likeness (QED) is 0.104. The summed E-state index contributed by atoms with van der Waals surface area (Å²) in [5.74, 6) is -2.01. The van der Waals surface area contributed by atoms with Gasteiger partial charge in [-0.05, 0) is 56.3 Å². The van der Waals surface area contributed by atoms with Gasteiger partial charge in [0.25, 0.3) is 5.79 Å². The van der Waals surface area contributed by atoms with Crippen LogP contribution in [-0.4, -0.2) is 39.8 Å². The van der Waals surface area contributed by atoms with E-state index in [1.807, 2.05) is 6.92 Å². The molecular formula is C27H50O5. The Morgan fingerprint density at radius 3 is 2.41 bits per heavy atom. The van der Waals surface area contributed by atoms with E-state index in [0.717, 1.165) is 19.3 Å². The maximum atomic E-state index is 11.8. The number of aliphatic hydroxyl groups is 3. The van der Waals surface area contributed by atoms with Gasteiger partial charge in [0, 0.05) is 0 Å². The van der Waals surface area contributed by atoms with Crippen LogP contribution in [-0.2, 0) is 9.53 Å². The fourth-order valence-electron chi connectivity index (χ4n) is 4.67. The lowest BCUT2D eigenvalue weighted by Gasteiger charge is -2.25. The molecule has 1 aliphatic rings. The number of esters is 1. The minimum Gasteiger partial charge on any atom is -0.462 e. The molecule has 32 heavy (non-hydrogen) atoms. The van der Waals surface area contributed by atoms with Gasteiger partial charge < -0.3 is 20.1 Å². The molecule has 0 spiro atoms. The first-order valence-electron chi connectivity index (χ1n) is 13.3.